The molecule has 0 N–H and O–H groups in total. The monoisotopic (exact) mass is 280 g/mol. The first-order valence-electron chi connectivity index (χ1n) is 6.63. The lowest BCUT2D eigenvalue weighted by molar-refractivity contribution is -0.141. The van der Waals surface area contributed by atoms with E-state index in [2.05, 4.69) is 24.5 Å². The molecule has 1 fully saturated rings. The lowest BCUT2D eigenvalue weighted by Crippen LogP contribution is -2.47. The molecule has 0 atom stereocenters. The number of methoxy groups -OCH3 is 2. The van der Waals surface area contributed by atoms with Crippen LogP contribution in [0.3, 0.4) is 0 Å². The summed E-state index contributed by atoms with van der Waals surface area (Å²) in [6.07, 6.45) is 3.78. The molecular weight excluding hydrogens is 260 g/mol. The number of carbonyl (C=O) groups excluding carboxylic acids is 1. The molecule has 0 amide bonds. The van der Waals surface area contributed by atoms with Gasteiger partial charge in [0, 0.05) is 32.7 Å². The molecule has 1 aromatic heterocycles. The van der Waals surface area contributed by atoms with Crippen molar-refractivity contribution in [2.45, 2.75) is 6.42 Å². The Kier molecular flexibility index (Phi) is 5.11. The number of nitrogens with zero attached hydrogens (tertiary/aromatic N) is 4. The van der Waals surface area contributed by atoms with E-state index >= 15 is 0 Å². The van der Waals surface area contributed by atoms with E-state index < -0.39 is 0 Å². The van der Waals surface area contributed by atoms with E-state index in [1.165, 1.54) is 7.11 Å². The second-order valence-corrected chi connectivity index (χ2v) is 4.57. The van der Waals surface area contributed by atoms with Gasteiger partial charge in [-0.1, -0.05) is 0 Å². The van der Waals surface area contributed by atoms with Crippen LogP contribution in [-0.2, 0) is 9.53 Å². The summed E-state index contributed by atoms with van der Waals surface area (Å²) >= 11 is 0. The molecule has 0 bridgehead atoms. The Morgan fingerprint density at radius 3 is 2.65 bits per heavy atom. The van der Waals surface area contributed by atoms with E-state index in [9.17, 15) is 4.79 Å². The highest BCUT2D eigenvalue weighted by molar-refractivity contribution is 5.69. The first-order chi connectivity index (χ1) is 9.72. The van der Waals surface area contributed by atoms with Crippen molar-refractivity contribution in [1.82, 2.24) is 14.9 Å². The molecule has 1 saturated heterocycles. The molecule has 1 aliphatic heterocycles. The van der Waals surface area contributed by atoms with Gasteiger partial charge >= 0.3 is 5.97 Å². The predicted molar refractivity (Wildman–Crippen MR) is 73.9 cm³/mol. The smallest absolute Gasteiger partial charge is 0.306 e. The lowest BCUT2D eigenvalue weighted by Gasteiger charge is -2.35. The highest BCUT2D eigenvalue weighted by Crippen LogP contribution is 2.15. The summed E-state index contributed by atoms with van der Waals surface area (Å²) < 4.78 is 9.73. The quantitative estimate of drug-likeness (QED) is 0.712. The van der Waals surface area contributed by atoms with E-state index in [0.29, 0.717) is 12.3 Å². The largest absolute Gasteiger partial charge is 0.480 e. The molecule has 0 radical (unpaired) electrons. The minimum atomic E-state index is -0.161. The van der Waals surface area contributed by atoms with Crippen molar-refractivity contribution in [1.29, 1.82) is 0 Å². The van der Waals surface area contributed by atoms with Crippen LogP contribution in [0, 0.1) is 0 Å². The van der Waals surface area contributed by atoms with Crippen LogP contribution in [0.15, 0.2) is 12.4 Å². The number of esters is 1. The van der Waals surface area contributed by atoms with E-state index in [1.54, 1.807) is 19.5 Å². The molecule has 2 heterocycles. The highest BCUT2D eigenvalue weighted by Gasteiger charge is 2.19. The molecule has 0 aliphatic carbocycles. The molecule has 20 heavy (non-hydrogen) atoms. The van der Waals surface area contributed by atoms with Crippen LogP contribution < -0.4 is 9.64 Å². The Hall–Kier alpha value is -1.89. The van der Waals surface area contributed by atoms with Crippen LogP contribution in [0.4, 0.5) is 5.82 Å². The number of aromatic nitrogens is 2. The molecule has 7 heteroatoms. The number of hydrogen-bond donors (Lipinski definition) is 0. The number of carbonyl (C=O) groups is 1. The van der Waals surface area contributed by atoms with Crippen molar-refractivity contribution in [3.8, 4) is 5.88 Å². The van der Waals surface area contributed by atoms with Gasteiger partial charge in [0.2, 0.25) is 5.88 Å². The standard InChI is InChI=1S/C13H20N4O3/c1-19-12-10-14-9-11(15-12)17-7-5-16(6-8-17)4-3-13(18)20-2/h9-10H,3-8H2,1-2H3. The van der Waals surface area contributed by atoms with Gasteiger partial charge in [-0.05, 0) is 0 Å². The zero-order chi connectivity index (χ0) is 14.4. The summed E-state index contributed by atoms with van der Waals surface area (Å²) in [4.78, 5) is 24.0. The fourth-order valence-corrected chi connectivity index (χ4v) is 2.14. The Morgan fingerprint density at radius 1 is 1.25 bits per heavy atom. The zero-order valence-electron chi connectivity index (χ0n) is 11.9. The van der Waals surface area contributed by atoms with E-state index in [1.807, 2.05) is 0 Å². The summed E-state index contributed by atoms with van der Waals surface area (Å²) in [5, 5.41) is 0. The van der Waals surface area contributed by atoms with E-state index in [-0.39, 0.29) is 5.97 Å². The summed E-state index contributed by atoms with van der Waals surface area (Å²) in [5.74, 6) is 1.19. The summed E-state index contributed by atoms with van der Waals surface area (Å²) in [6, 6.07) is 0. The SMILES string of the molecule is COC(=O)CCN1CCN(c2cncc(OC)n2)CC1. The topological polar surface area (TPSA) is 67.8 Å². The summed E-state index contributed by atoms with van der Waals surface area (Å²) in [5.41, 5.74) is 0. The van der Waals surface area contributed by atoms with Gasteiger partial charge in [-0.25, -0.2) is 0 Å². The molecule has 7 nitrogen and oxygen atoms in total. The van der Waals surface area contributed by atoms with Crippen molar-refractivity contribution in [2.24, 2.45) is 0 Å². The van der Waals surface area contributed by atoms with Crippen molar-refractivity contribution in [3.05, 3.63) is 12.4 Å². The molecule has 1 aromatic rings. The van der Waals surface area contributed by atoms with Gasteiger partial charge in [0.05, 0.1) is 33.0 Å². The van der Waals surface area contributed by atoms with Gasteiger partial charge in [0.1, 0.15) is 0 Å². The number of ether oxygens (including phenoxy) is 2. The van der Waals surface area contributed by atoms with Gasteiger partial charge in [0.25, 0.3) is 0 Å². The van der Waals surface area contributed by atoms with Crippen molar-refractivity contribution in [2.75, 3.05) is 51.8 Å². The molecule has 0 saturated carbocycles. The van der Waals surface area contributed by atoms with Crippen LogP contribution in [0.1, 0.15) is 6.42 Å². The lowest BCUT2D eigenvalue weighted by atomic mass is 10.3. The first kappa shape index (κ1) is 14.5. The maximum Gasteiger partial charge on any atom is 0.306 e. The average molecular weight is 280 g/mol. The molecule has 0 aromatic carbocycles. The van der Waals surface area contributed by atoms with Crippen LogP contribution in [0.2, 0.25) is 0 Å². The molecule has 1 aliphatic rings. The third-order valence-corrected chi connectivity index (χ3v) is 3.36. The average Bonchev–Trinajstić information content (AvgIpc) is 2.53. The Labute approximate surface area is 118 Å². The normalized spacial score (nSPS) is 16.0. The van der Waals surface area contributed by atoms with Crippen LogP contribution in [0.25, 0.3) is 0 Å². The Balaban J connectivity index is 1.83. The predicted octanol–water partition coefficient (Wildman–Crippen LogP) is 0.170. The van der Waals surface area contributed by atoms with Crippen molar-refractivity contribution < 1.29 is 14.3 Å². The molecule has 0 spiro atoms. The molecule has 110 valence electrons. The number of hydrogen-bond acceptors (Lipinski definition) is 7. The fourth-order valence-electron chi connectivity index (χ4n) is 2.14. The Bertz CT molecular complexity index is 447. The maximum absolute atomic E-state index is 11.1. The number of rotatable bonds is 5. The highest BCUT2D eigenvalue weighted by atomic mass is 16.5. The molecular formula is C13H20N4O3. The molecule has 2 rings (SSSR count). The van der Waals surface area contributed by atoms with Gasteiger partial charge in [-0.2, -0.15) is 4.98 Å². The van der Waals surface area contributed by atoms with Crippen LogP contribution in [-0.4, -0.2) is 67.8 Å². The van der Waals surface area contributed by atoms with Gasteiger partial charge < -0.3 is 14.4 Å². The van der Waals surface area contributed by atoms with E-state index in [4.69, 9.17) is 4.74 Å². The van der Waals surface area contributed by atoms with Crippen LogP contribution >= 0.6 is 0 Å². The number of anilines is 1. The van der Waals surface area contributed by atoms with Gasteiger partial charge in [-0.15, -0.1) is 0 Å². The van der Waals surface area contributed by atoms with Gasteiger partial charge in [0.15, 0.2) is 5.82 Å². The van der Waals surface area contributed by atoms with Crippen LogP contribution in [0.5, 0.6) is 5.88 Å². The van der Waals surface area contributed by atoms with Gasteiger partial charge in [-0.3, -0.25) is 14.7 Å². The number of piperazine rings is 1. The third kappa shape index (κ3) is 3.80. The maximum atomic E-state index is 11.1. The third-order valence-electron chi connectivity index (χ3n) is 3.36. The van der Waals surface area contributed by atoms with Crippen molar-refractivity contribution in [3.63, 3.8) is 0 Å². The second-order valence-electron chi connectivity index (χ2n) is 4.57. The zero-order valence-corrected chi connectivity index (χ0v) is 11.9. The second kappa shape index (κ2) is 7.04. The summed E-state index contributed by atoms with van der Waals surface area (Å²) in [6.45, 7) is 4.27. The first-order valence-corrected chi connectivity index (χ1v) is 6.63. The summed E-state index contributed by atoms with van der Waals surface area (Å²) in [7, 11) is 3.00. The Morgan fingerprint density at radius 2 is 2.00 bits per heavy atom. The molecule has 0 unspecified atom stereocenters. The fraction of sp³-hybridized carbons (Fsp3) is 0.615. The minimum Gasteiger partial charge on any atom is -0.480 e. The van der Waals surface area contributed by atoms with E-state index in [0.717, 1.165) is 38.5 Å². The minimum absolute atomic E-state index is 0.161. The van der Waals surface area contributed by atoms with Crippen molar-refractivity contribution >= 4 is 11.8 Å².